The molecule has 1 rings (SSSR count). The molecule has 0 heterocycles. The lowest BCUT2D eigenvalue weighted by Crippen LogP contribution is -2.29. The number of hydrogen-bond acceptors (Lipinski definition) is 4. The second kappa shape index (κ2) is 7.06. The average molecular weight is 294 g/mol. The van der Waals surface area contributed by atoms with Crippen LogP contribution in [0.2, 0.25) is 0 Å². The largest absolute Gasteiger partial charge is 0.351 e. The summed E-state index contributed by atoms with van der Waals surface area (Å²) in [6.07, 6.45) is 2.45. The van der Waals surface area contributed by atoms with Gasteiger partial charge in [-0.2, -0.15) is 5.26 Å². The van der Waals surface area contributed by atoms with Gasteiger partial charge in [-0.1, -0.05) is 25.5 Å². The molecule has 0 radical (unpaired) electrons. The fourth-order valence-electron chi connectivity index (χ4n) is 1.71. The van der Waals surface area contributed by atoms with Crippen LogP contribution in [0.1, 0.15) is 25.3 Å². The van der Waals surface area contributed by atoms with Crippen molar-refractivity contribution in [3.63, 3.8) is 0 Å². The van der Waals surface area contributed by atoms with Crippen LogP contribution in [0.5, 0.6) is 0 Å². The second-order valence-electron chi connectivity index (χ2n) is 4.60. The molecule has 0 spiro atoms. The zero-order valence-corrected chi connectivity index (χ0v) is 12.4. The molecule has 0 fully saturated rings. The minimum atomic E-state index is -3.21. The van der Waals surface area contributed by atoms with Crippen LogP contribution in [0, 0.1) is 17.2 Å². The van der Waals surface area contributed by atoms with E-state index in [1.165, 1.54) is 12.1 Å². The normalized spacial score (nSPS) is 12.4. The van der Waals surface area contributed by atoms with Crippen LogP contribution in [0.25, 0.3) is 0 Å². The molecule has 0 aliphatic rings. The fraction of sp³-hybridized carbons (Fsp3) is 0.429. The lowest BCUT2D eigenvalue weighted by Gasteiger charge is -2.09. The van der Waals surface area contributed by atoms with Crippen LogP contribution < -0.4 is 5.32 Å². The number of rotatable bonds is 6. The van der Waals surface area contributed by atoms with Gasteiger partial charge < -0.3 is 5.32 Å². The quantitative estimate of drug-likeness (QED) is 0.864. The number of benzene rings is 1. The third-order valence-corrected chi connectivity index (χ3v) is 4.00. The van der Waals surface area contributed by atoms with E-state index in [4.69, 9.17) is 5.26 Å². The van der Waals surface area contributed by atoms with E-state index >= 15 is 0 Å². The highest BCUT2D eigenvalue weighted by molar-refractivity contribution is 7.90. The van der Waals surface area contributed by atoms with Crippen molar-refractivity contribution in [3.05, 3.63) is 29.8 Å². The third kappa shape index (κ3) is 4.67. The van der Waals surface area contributed by atoms with Gasteiger partial charge in [0.1, 0.15) is 5.92 Å². The van der Waals surface area contributed by atoms with Gasteiger partial charge in [0, 0.05) is 12.8 Å². The molecule has 1 aromatic carbocycles. The summed E-state index contributed by atoms with van der Waals surface area (Å²) in [7, 11) is -3.21. The Kier molecular flexibility index (Phi) is 5.71. The molecule has 0 saturated carbocycles. The zero-order chi connectivity index (χ0) is 15.2. The summed E-state index contributed by atoms with van der Waals surface area (Å²) in [5, 5.41) is 11.6. The maximum Gasteiger partial charge on any atom is 0.237 e. The van der Waals surface area contributed by atoms with Gasteiger partial charge in [0.15, 0.2) is 9.84 Å². The molecule has 0 aromatic heterocycles. The summed E-state index contributed by atoms with van der Waals surface area (Å²) < 4.78 is 22.6. The summed E-state index contributed by atoms with van der Waals surface area (Å²) in [4.78, 5) is 12.0. The van der Waals surface area contributed by atoms with E-state index in [1.54, 1.807) is 12.1 Å². The van der Waals surface area contributed by atoms with Crippen molar-refractivity contribution in [3.8, 4) is 6.07 Å². The summed E-state index contributed by atoms with van der Waals surface area (Å²) in [6, 6.07) is 8.29. The van der Waals surface area contributed by atoms with E-state index in [1.807, 2.05) is 13.0 Å². The first-order valence-electron chi connectivity index (χ1n) is 6.34. The Labute approximate surface area is 119 Å². The minimum absolute atomic E-state index is 0.244. The third-order valence-electron chi connectivity index (χ3n) is 2.87. The van der Waals surface area contributed by atoms with Crippen LogP contribution in [0.3, 0.4) is 0 Å². The van der Waals surface area contributed by atoms with Gasteiger partial charge >= 0.3 is 0 Å². The number of nitriles is 1. The van der Waals surface area contributed by atoms with Gasteiger partial charge in [-0.25, -0.2) is 8.42 Å². The van der Waals surface area contributed by atoms with Crippen LogP contribution in [-0.4, -0.2) is 20.6 Å². The fourth-order valence-corrected chi connectivity index (χ4v) is 2.34. The van der Waals surface area contributed by atoms with Crippen molar-refractivity contribution < 1.29 is 13.2 Å². The highest BCUT2D eigenvalue weighted by Crippen LogP contribution is 2.11. The van der Waals surface area contributed by atoms with Crippen molar-refractivity contribution in [1.29, 1.82) is 5.26 Å². The summed E-state index contributed by atoms with van der Waals surface area (Å²) in [5.74, 6) is -0.920. The highest BCUT2D eigenvalue weighted by Gasteiger charge is 2.16. The molecule has 0 aliphatic carbocycles. The smallest absolute Gasteiger partial charge is 0.237 e. The lowest BCUT2D eigenvalue weighted by molar-refractivity contribution is -0.123. The Morgan fingerprint density at radius 1 is 1.35 bits per heavy atom. The van der Waals surface area contributed by atoms with Crippen LogP contribution in [0.15, 0.2) is 29.2 Å². The molecule has 0 aliphatic heterocycles. The molecule has 20 heavy (non-hydrogen) atoms. The Morgan fingerprint density at radius 3 is 2.40 bits per heavy atom. The van der Waals surface area contributed by atoms with Crippen LogP contribution in [0.4, 0.5) is 0 Å². The van der Waals surface area contributed by atoms with Gasteiger partial charge in [-0.05, 0) is 24.1 Å². The van der Waals surface area contributed by atoms with E-state index < -0.39 is 15.8 Å². The summed E-state index contributed by atoms with van der Waals surface area (Å²) in [5.41, 5.74) is 0.791. The molecule has 6 heteroatoms. The van der Waals surface area contributed by atoms with Crippen molar-refractivity contribution in [1.82, 2.24) is 5.32 Å². The highest BCUT2D eigenvalue weighted by atomic mass is 32.2. The maximum absolute atomic E-state index is 11.7. The van der Waals surface area contributed by atoms with Gasteiger partial charge in [0.05, 0.1) is 11.0 Å². The van der Waals surface area contributed by atoms with Crippen molar-refractivity contribution in [2.45, 2.75) is 31.2 Å². The van der Waals surface area contributed by atoms with Gasteiger partial charge in [-0.15, -0.1) is 0 Å². The number of nitrogens with zero attached hydrogens (tertiary/aromatic N) is 1. The molecular formula is C14H18N2O3S. The first kappa shape index (κ1) is 16.2. The standard InChI is InChI=1S/C14H18N2O3S/c1-3-4-12(9-15)14(17)16-10-11-5-7-13(8-6-11)20(2,18)19/h5-8,12H,3-4,10H2,1-2H3,(H,16,17). The Balaban J connectivity index is 2.63. The van der Waals surface area contributed by atoms with Crippen LogP contribution in [-0.2, 0) is 21.2 Å². The van der Waals surface area contributed by atoms with Crippen molar-refractivity contribution in [2.24, 2.45) is 5.92 Å². The molecule has 0 saturated heterocycles. The maximum atomic E-state index is 11.7. The topological polar surface area (TPSA) is 87.0 Å². The number of hydrogen-bond donors (Lipinski definition) is 1. The van der Waals surface area contributed by atoms with Crippen molar-refractivity contribution >= 4 is 15.7 Å². The lowest BCUT2D eigenvalue weighted by atomic mass is 10.0. The summed E-state index contributed by atoms with van der Waals surface area (Å²) >= 11 is 0. The molecule has 5 nitrogen and oxygen atoms in total. The molecule has 1 aromatic rings. The van der Waals surface area contributed by atoms with E-state index in [0.717, 1.165) is 18.2 Å². The van der Waals surface area contributed by atoms with E-state index in [2.05, 4.69) is 5.32 Å². The Hall–Kier alpha value is -1.87. The molecule has 1 unspecified atom stereocenters. The number of amides is 1. The molecule has 0 bridgehead atoms. The monoisotopic (exact) mass is 294 g/mol. The Morgan fingerprint density at radius 2 is 1.95 bits per heavy atom. The molecular weight excluding hydrogens is 276 g/mol. The average Bonchev–Trinajstić information content (AvgIpc) is 2.41. The first-order valence-corrected chi connectivity index (χ1v) is 8.24. The number of sulfone groups is 1. The summed E-state index contributed by atoms with van der Waals surface area (Å²) in [6.45, 7) is 2.20. The second-order valence-corrected chi connectivity index (χ2v) is 6.62. The predicted molar refractivity (Wildman–Crippen MR) is 75.4 cm³/mol. The van der Waals surface area contributed by atoms with E-state index in [0.29, 0.717) is 6.42 Å². The van der Waals surface area contributed by atoms with E-state index in [-0.39, 0.29) is 17.3 Å². The number of carbonyl (C=O) groups excluding carboxylic acids is 1. The van der Waals surface area contributed by atoms with Gasteiger partial charge in [0.2, 0.25) is 5.91 Å². The number of nitrogens with one attached hydrogen (secondary N) is 1. The predicted octanol–water partition coefficient (Wildman–Crippen LogP) is 1.65. The number of carbonyl (C=O) groups is 1. The SMILES string of the molecule is CCCC(C#N)C(=O)NCc1ccc(S(C)(=O)=O)cc1. The molecule has 1 N–H and O–H groups in total. The minimum Gasteiger partial charge on any atom is -0.351 e. The molecule has 1 amide bonds. The molecule has 1 atom stereocenters. The van der Waals surface area contributed by atoms with Crippen molar-refractivity contribution in [2.75, 3.05) is 6.26 Å². The Bertz CT molecular complexity index is 600. The van der Waals surface area contributed by atoms with E-state index in [9.17, 15) is 13.2 Å². The zero-order valence-electron chi connectivity index (χ0n) is 11.6. The van der Waals surface area contributed by atoms with Crippen LogP contribution >= 0.6 is 0 Å². The molecule has 108 valence electrons. The van der Waals surface area contributed by atoms with Gasteiger partial charge in [0.25, 0.3) is 0 Å². The van der Waals surface area contributed by atoms with Gasteiger partial charge in [-0.3, -0.25) is 4.79 Å². The first-order chi connectivity index (χ1) is 9.38.